The van der Waals surface area contributed by atoms with Crippen molar-refractivity contribution >= 4 is 34.5 Å². The van der Waals surface area contributed by atoms with Gasteiger partial charge in [0.15, 0.2) is 5.54 Å². The number of amides is 3. The smallest absolute Gasteiger partial charge is 0.286 e. The number of thioether (sulfide) groups is 1. The van der Waals surface area contributed by atoms with Gasteiger partial charge in [-0.1, -0.05) is 30.3 Å². The second kappa shape index (κ2) is 5.65. The minimum Gasteiger partial charge on any atom is -0.324 e. The monoisotopic (exact) mass is 397 g/mol. The van der Waals surface area contributed by atoms with E-state index in [-0.39, 0.29) is 11.7 Å². The van der Waals surface area contributed by atoms with Crippen LogP contribution in [0.5, 0.6) is 0 Å². The Kier molecular flexibility index (Phi) is 3.51. The summed E-state index contributed by atoms with van der Waals surface area (Å²) in [7, 11) is 1.78. The van der Waals surface area contributed by atoms with Gasteiger partial charge in [-0.15, -0.1) is 0 Å². The molecule has 3 atom stereocenters. The van der Waals surface area contributed by atoms with E-state index in [4.69, 9.17) is 0 Å². The molecule has 3 aliphatic rings. The molecule has 2 fully saturated rings. The lowest BCUT2D eigenvalue weighted by Crippen LogP contribution is -2.61. The quantitative estimate of drug-likeness (QED) is 0.773. The average Bonchev–Trinajstić information content (AvgIpc) is 3.23. The summed E-state index contributed by atoms with van der Waals surface area (Å²) in [6, 6.07) is 13.1. The number of hydrogen-bond acceptors (Lipinski definition) is 5. The van der Waals surface area contributed by atoms with E-state index >= 15 is 0 Å². The Labute approximate surface area is 164 Å². The van der Waals surface area contributed by atoms with Crippen molar-refractivity contribution in [1.29, 1.82) is 0 Å². The maximum atomic E-state index is 13.5. The summed E-state index contributed by atoms with van der Waals surface area (Å²) in [6.07, 6.45) is 0. The summed E-state index contributed by atoms with van der Waals surface area (Å²) >= 11 is 0.862. The number of fused-ring (bicyclic) bond motifs is 3. The maximum Gasteiger partial charge on any atom is 0.286 e. The molecule has 8 heteroatoms. The highest BCUT2D eigenvalue weighted by Crippen LogP contribution is 2.64. The normalized spacial score (nSPS) is 31.5. The van der Waals surface area contributed by atoms with Crippen molar-refractivity contribution in [3.05, 3.63) is 65.5 Å². The van der Waals surface area contributed by atoms with E-state index in [1.807, 2.05) is 23.1 Å². The predicted octanol–water partition coefficient (Wildman–Crippen LogP) is 2.42. The lowest BCUT2D eigenvalue weighted by molar-refractivity contribution is -0.133. The molecule has 3 aliphatic heterocycles. The number of halogens is 1. The second-order valence-corrected chi connectivity index (χ2v) is 8.49. The molecular formula is C20H16FN3O3S. The zero-order valence-corrected chi connectivity index (χ0v) is 15.7. The minimum atomic E-state index is -1.40. The molecule has 2 aromatic carbocycles. The largest absolute Gasteiger partial charge is 0.324 e. The number of nitrogens with one attached hydrogen (secondary N) is 2. The van der Waals surface area contributed by atoms with Crippen molar-refractivity contribution in [1.82, 2.24) is 10.2 Å². The number of likely N-dealkylation sites (N-methyl/N-ethyl adjacent to an activating group) is 1. The van der Waals surface area contributed by atoms with Crippen LogP contribution in [0.25, 0.3) is 0 Å². The van der Waals surface area contributed by atoms with Crippen LogP contribution in [0.4, 0.5) is 14.9 Å². The average molecular weight is 397 g/mol. The first-order valence-electron chi connectivity index (χ1n) is 8.83. The third-order valence-corrected chi connectivity index (χ3v) is 7.40. The molecule has 2 spiro atoms. The second-order valence-electron chi connectivity index (χ2n) is 7.27. The first-order valence-corrected chi connectivity index (χ1v) is 9.65. The molecule has 28 heavy (non-hydrogen) atoms. The summed E-state index contributed by atoms with van der Waals surface area (Å²) in [6.45, 7) is 0.362. The molecule has 0 aliphatic carbocycles. The Morgan fingerprint density at radius 3 is 2.43 bits per heavy atom. The zero-order chi connectivity index (χ0) is 19.7. The number of imide groups is 1. The first kappa shape index (κ1) is 17.4. The Hall–Kier alpha value is -2.71. The topological polar surface area (TPSA) is 78.5 Å². The maximum absolute atomic E-state index is 13.5. The van der Waals surface area contributed by atoms with Gasteiger partial charge in [-0.25, -0.2) is 4.39 Å². The molecule has 6 nitrogen and oxygen atoms in total. The third kappa shape index (κ3) is 1.89. The van der Waals surface area contributed by atoms with Crippen LogP contribution in [0.1, 0.15) is 17.0 Å². The molecule has 2 saturated heterocycles. The molecule has 0 saturated carbocycles. The molecule has 0 aromatic heterocycles. The van der Waals surface area contributed by atoms with Crippen molar-refractivity contribution in [3.8, 4) is 0 Å². The molecule has 0 radical (unpaired) electrons. The van der Waals surface area contributed by atoms with Crippen LogP contribution in [0.15, 0.2) is 48.5 Å². The number of nitrogens with zero attached hydrogens (tertiary/aromatic N) is 1. The SMILES string of the molecule is CN1C[C@H](c2ccc(F)cc2)[C@]2(SC(=O)NC2=O)[C@]12C(=O)Nc1ccccc12. The number of likely N-dealkylation sites (tertiary alicyclic amines) is 1. The summed E-state index contributed by atoms with van der Waals surface area (Å²) in [4.78, 5) is 40.9. The predicted molar refractivity (Wildman–Crippen MR) is 102 cm³/mol. The molecule has 0 bridgehead atoms. The summed E-state index contributed by atoms with van der Waals surface area (Å²) in [5.74, 6) is -1.69. The Bertz CT molecular complexity index is 1040. The van der Waals surface area contributed by atoms with E-state index in [2.05, 4.69) is 10.6 Å². The highest BCUT2D eigenvalue weighted by atomic mass is 32.2. The Balaban J connectivity index is 1.81. The summed E-state index contributed by atoms with van der Waals surface area (Å²) in [5, 5.41) is 4.79. The summed E-state index contributed by atoms with van der Waals surface area (Å²) in [5.41, 5.74) is 0.666. The Morgan fingerprint density at radius 1 is 1.04 bits per heavy atom. The van der Waals surface area contributed by atoms with Crippen molar-refractivity contribution in [3.63, 3.8) is 0 Å². The van der Waals surface area contributed by atoms with Crippen LogP contribution in [0.3, 0.4) is 0 Å². The summed E-state index contributed by atoms with van der Waals surface area (Å²) < 4.78 is 12.1. The Morgan fingerprint density at radius 2 is 1.75 bits per heavy atom. The van der Waals surface area contributed by atoms with Gasteiger partial charge in [-0.2, -0.15) is 0 Å². The van der Waals surface area contributed by atoms with Crippen molar-refractivity contribution in [2.45, 2.75) is 16.2 Å². The number of anilines is 1. The molecule has 0 unspecified atom stereocenters. The number of para-hydroxylation sites is 1. The van der Waals surface area contributed by atoms with Gasteiger partial charge in [-0.3, -0.25) is 24.6 Å². The van der Waals surface area contributed by atoms with E-state index in [9.17, 15) is 18.8 Å². The van der Waals surface area contributed by atoms with Gasteiger partial charge in [0.1, 0.15) is 10.6 Å². The molecule has 2 aromatic rings. The van der Waals surface area contributed by atoms with Gasteiger partial charge in [0, 0.05) is 23.7 Å². The van der Waals surface area contributed by atoms with Gasteiger partial charge in [0.2, 0.25) is 5.91 Å². The van der Waals surface area contributed by atoms with E-state index in [0.29, 0.717) is 23.4 Å². The fourth-order valence-corrected chi connectivity index (χ4v) is 6.41. The minimum absolute atomic E-state index is 0.335. The lowest BCUT2D eigenvalue weighted by Gasteiger charge is -2.41. The fourth-order valence-electron chi connectivity index (χ4n) is 4.97. The standard InChI is InChI=1S/C20H16FN3O3S/c1-24-10-14(11-6-8-12(21)9-7-11)20(17(26)23-18(27)28-20)19(24)13-4-2-3-5-15(13)22-16(19)25/h2-9,14H,10H2,1H3,(H,22,25)(H,23,26,27)/t14-,19+,20-/m1/s1. The molecule has 3 heterocycles. The fraction of sp³-hybridized carbons (Fsp3) is 0.250. The van der Waals surface area contributed by atoms with Gasteiger partial charge >= 0.3 is 0 Å². The molecule has 142 valence electrons. The van der Waals surface area contributed by atoms with E-state index in [0.717, 1.165) is 11.8 Å². The lowest BCUT2D eigenvalue weighted by atomic mass is 9.72. The number of carbonyl (C=O) groups excluding carboxylic acids is 3. The number of benzene rings is 2. The van der Waals surface area contributed by atoms with Crippen molar-refractivity contribution < 1.29 is 18.8 Å². The highest BCUT2D eigenvalue weighted by molar-refractivity contribution is 8.16. The number of hydrogen-bond donors (Lipinski definition) is 2. The van der Waals surface area contributed by atoms with Gasteiger partial charge in [0.05, 0.1) is 0 Å². The van der Waals surface area contributed by atoms with Crippen LogP contribution < -0.4 is 10.6 Å². The molecule has 2 N–H and O–H groups in total. The van der Waals surface area contributed by atoms with Crippen LogP contribution >= 0.6 is 11.8 Å². The van der Waals surface area contributed by atoms with Crippen LogP contribution in [0.2, 0.25) is 0 Å². The first-order chi connectivity index (χ1) is 13.4. The van der Waals surface area contributed by atoms with Crippen LogP contribution in [0, 0.1) is 5.82 Å². The highest BCUT2D eigenvalue weighted by Gasteiger charge is 2.77. The van der Waals surface area contributed by atoms with Crippen molar-refractivity contribution in [2.24, 2.45) is 0 Å². The molecule has 3 amide bonds. The van der Waals surface area contributed by atoms with Gasteiger partial charge in [-0.05, 0) is 42.6 Å². The number of rotatable bonds is 1. The molecular weight excluding hydrogens is 381 g/mol. The molecule has 5 rings (SSSR count). The van der Waals surface area contributed by atoms with E-state index in [1.165, 1.54) is 12.1 Å². The van der Waals surface area contributed by atoms with Crippen LogP contribution in [-0.4, -0.2) is 40.3 Å². The van der Waals surface area contributed by atoms with E-state index in [1.54, 1.807) is 25.2 Å². The number of carbonyl (C=O) groups is 3. The van der Waals surface area contributed by atoms with Gasteiger partial charge < -0.3 is 5.32 Å². The van der Waals surface area contributed by atoms with E-state index < -0.39 is 27.4 Å². The van der Waals surface area contributed by atoms with Gasteiger partial charge in [0.25, 0.3) is 11.1 Å². The zero-order valence-electron chi connectivity index (χ0n) is 14.9. The van der Waals surface area contributed by atoms with Crippen LogP contribution in [-0.2, 0) is 15.1 Å². The third-order valence-electron chi connectivity index (χ3n) is 6.03. The van der Waals surface area contributed by atoms with Crippen molar-refractivity contribution in [2.75, 3.05) is 18.9 Å².